The summed E-state index contributed by atoms with van der Waals surface area (Å²) in [5.74, 6) is -2.23. The average molecular weight is 1370 g/mol. The Morgan fingerprint density at radius 2 is 0.574 bits per heavy atom. The fourth-order valence-electron chi connectivity index (χ4n) is 10.0. The van der Waals surface area contributed by atoms with Crippen LogP contribution in [-0.2, 0) is 65.4 Å². The number of aliphatic hydroxyl groups is 1. The number of esters is 4. The summed E-state index contributed by atoms with van der Waals surface area (Å²) in [5, 5.41) is 10.6. The maximum absolute atomic E-state index is 13.0. The first-order chi connectivity index (χ1) is 45.7. The molecule has 0 aromatic carbocycles. The van der Waals surface area contributed by atoms with Crippen LogP contribution in [0.2, 0.25) is 0 Å². The Bertz CT molecular complexity index is 2070. The SMILES string of the molecule is CC/C=C\C/C=C\C/C=C\C/C=C\C/C=C\CCCC(=O)OCC(COP(=O)(O)OCC(O)COP(=O)(O)OCC(COC(=O)CCCCCCCCCCCCCCCCC)OC(=O)CCCCCCC/C=C\CCCC)OC(=O)CCCCCCCCCCCCC. The number of ether oxygens (including phenoxy) is 4. The van der Waals surface area contributed by atoms with Crippen molar-refractivity contribution in [3.05, 3.63) is 72.9 Å². The highest BCUT2D eigenvalue weighted by Gasteiger charge is 2.30. The Balaban J connectivity index is 5.31. The third-order valence-corrected chi connectivity index (χ3v) is 17.6. The van der Waals surface area contributed by atoms with E-state index in [0.29, 0.717) is 32.1 Å². The van der Waals surface area contributed by atoms with Gasteiger partial charge in [0.15, 0.2) is 12.2 Å². The molecule has 0 bridgehead atoms. The summed E-state index contributed by atoms with van der Waals surface area (Å²) in [7, 11) is -9.94. The van der Waals surface area contributed by atoms with Crippen molar-refractivity contribution in [2.45, 2.75) is 341 Å². The molecule has 546 valence electrons. The monoisotopic (exact) mass is 1370 g/mol. The van der Waals surface area contributed by atoms with Crippen LogP contribution >= 0.6 is 15.6 Å². The van der Waals surface area contributed by atoms with Crippen LogP contribution in [0.25, 0.3) is 0 Å². The van der Waals surface area contributed by atoms with Crippen LogP contribution in [0.5, 0.6) is 0 Å². The molecule has 0 radical (unpaired) electrons. The minimum atomic E-state index is -4.97. The van der Waals surface area contributed by atoms with Crippen molar-refractivity contribution in [3.63, 3.8) is 0 Å². The van der Waals surface area contributed by atoms with Crippen LogP contribution in [0.4, 0.5) is 0 Å². The normalized spacial score (nSPS) is 14.4. The predicted molar refractivity (Wildman–Crippen MR) is 381 cm³/mol. The number of aliphatic hydroxyl groups excluding tert-OH is 1. The van der Waals surface area contributed by atoms with Gasteiger partial charge in [0, 0.05) is 25.7 Å². The van der Waals surface area contributed by atoms with Gasteiger partial charge in [-0.3, -0.25) is 37.3 Å². The molecule has 0 fully saturated rings. The molecule has 0 aromatic rings. The number of rotatable bonds is 70. The van der Waals surface area contributed by atoms with Gasteiger partial charge in [0.05, 0.1) is 26.4 Å². The number of allylic oxidation sites excluding steroid dienone is 12. The molecule has 0 aliphatic rings. The topological polar surface area (TPSA) is 237 Å². The zero-order valence-corrected chi connectivity index (χ0v) is 61.2. The van der Waals surface area contributed by atoms with E-state index in [1.807, 2.05) is 12.2 Å². The summed E-state index contributed by atoms with van der Waals surface area (Å²) in [6.07, 6.45) is 66.3. The molecule has 0 saturated heterocycles. The standard InChI is InChI=1S/C75H134O17P2/c1-5-9-13-17-21-25-29-31-33-34-36-38-42-44-48-52-56-60-73(78)86-66-71(92-75(80)62-58-54-50-46-40-28-24-20-16-12-8-4)68-90-94(83,84)88-64-69(76)63-87-93(81,82)89-67-70(91-74(79)61-57-53-49-45-39-27-23-19-15-11-7-3)65-85-72(77)59-55-51-47-43-41-37-35-32-30-26-22-18-14-10-6-2/h9,13,19,21,23,25,31,33,36,38,44,48,69-71,76H,5-8,10-12,14-18,20,22,24,26-30,32,34-35,37,39-43,45-47,49-68H2,1-4H3,(H,81,82)(H,83,84)/b13-9-,23-19-,25-21-,33-31-,38-36-,48-44-. The minimum absolute atomic E-state index is 0.0865. The van der Waals surface area contributed by atoms with Crippen LogP contribution in [0.3, 0.4) is 0 Å². The second-order valence-corrected chi connectivity index (χ2v) is 27.8. The molecular formula is C75H134O17P2. The van der Waals surface area contributed by atoms with Crippen molar-refractivity contribution >= 4 is 39.5 Å². The molecule has 0 rings (SSSR count). The Morgan fingerprint density at radius 3 is 0.936 bits per heavy atom. The molecule has 0 amide bonds. The fraction of sp³-hybridized carbons (Fsp3) is 0.787. The number of hydrogen-bond acceptors (Lipinski definition) is 15. The Kier molecular flexibility index (Phi) is 65.5. The Hall–Kier alpha value is -3.50. The zero-order chi connectivity index (χ0) is 69.0. The third-order valence-electron chi connectivity index (χ3n) is 15.7. The average Bonchev–Trinajstić information content (AvgIpc) is 1.32. The highest BCUT2D eigenvalue weighted by molar-refractivity contribution is 7.47. The molecule has 0 spiro atoms. The molecule has 0 aromatic heterocycles. The lowest BCUT2D eigenvalue weighted by Crippen LogP contribution is -2.30. The van der Waals surface area contributed by atoms with Crippen molar-refractivity contribution < 1.29 is 80.2 Å². The number of phosphoric acid groups is 2. The minimum Gasteiger partial charge on any atom is -0.462 e. The number of unbranched alkanes of at least 4 members (excludes halogenated alkanes) is 32. The maximum atomic E-state index is 13.0. The summed E-state index contributed by atoms with van der Waals surface area (Å²) in [6, 6.07) is 0. The van der Waals surface area contributed by atoms with Crippen molar-refractivity contribution in [1.82, 2.24) is 0 Å². The van der Waals surface area contributed by atoms with Crippen LogP contribution < -0.4 is 0 Å². The molecular weight excluding hydrogens is 1230 g/mol. The van der Waals surface area contributed by atoms with Crippen molar-refractivity contribution in [2.75, 3.05) is 39.6 Å². The number of phosphoric ester groups is 2. The van der Waals surface area contributed by atoms with E-state index in [2.05, 4.69) is 88.5 Å². The van der Waals surface area contributed by atoms with E-state index in [-0.39, 0.29) is 25.7 Å². The molecule has 3 N–H and O–H groups in total. The van der Waals surface area contributed by atoms with Gasteiger partial charge in [-0.1, -0.05) is 287 Å². The van der Waals surface area contributed by atoms with Gasteiger partial charge in [0.2, 0.25) is 0 Å². The molecule has 17 nitrogen and oxygen atoms in total. The maximum Gasteiger partial charge on any atom is 0.472 e. The molecule has 5 unspecified atom stereocenters. The van der Waals surface area contributed by atoms with E-state index in [0.717, 1.165) is 116 Å². The fourth-order valence-corrected chi connectivity index (χ4v) is 11.6. The van der Waals surface area contributed by atoms with E-state index < -0.39 is 97.5 Å². The van der Waals surface area contributed by atoms with E-state index in [1.54, 1.807) is 0 Å². The zero-order valence-electron chi connectivity index (χ0n) is 59.4. The van der Waals surface area contributed by atoms with Gasteiger partial charge in [-0.25, -0.2) is 9.13 Å². The molecule has 5 atom stereocenters. The predicted octanol–water partition coefficient (Wildman–Crippen LogP) is 20.9. The highest BCUT2D eigenvalue weighted by Crippen LogP contribution is 2.45. The van der Waals surface area contributed by atoms with Crippen molar-refractivity contribution in [1.29, 1.82) is 0 Å². The van der Waals surface area contributed by atoms with Gasteiger partial charge >= 0.3 is 39.5 Å². The number of carbonyl (C=O) groups is 4. The molecule has 0 saturated carbocycles. The summed E-state index contributed by atoms with van der Waals surface area (Å²) in [6.45, 7) is 4.67. The Morgan fingerprint density at radius 1 is 0.309 bits per heavy atom. The number of hydrogen-bond donors (Lipinski definition) is 3. The largest absolute Gasteiger partial charge is 0.472 e. The summed E-state index contributed by atoms with van der Waals surface area (Å²) >= 11 is 0. The van der Waals surface area contributed by atoms with Gasteiger partial charge in [-0.15, -0.1) is 0 Å². The van der Waals surface area contributed by atoms with E-state index >= 15 is 0 Å². The van der Waals surface area contributed by atoms with E-state index in [9.17, 15) is 43.2 Å². The molecule has 19 heteroatoms. The molecule has 0 aliphatic carbocycles. The lowest BCUT2D eigenvalue weighted by atomic mass is 10.0. The van der Waals surface area contributed by atoms with Gasteiger partial charge in [-0.2, -0.15) is 0 Å². The Labute approximate surface area is 571 Å². The van der Waals surface area contributed by atoms with Crippen LogP contribution in [0.1, 0.15) is 323 Å². The van der Waals surface area contributed by atoms with Crippen LogP contribution in [0, 0.1) is 0 Å². The quantitative estimate of drug-likeness (QED) is 0.0169. The molecule has 94 heavy (non-hydrogen) atoms. The van der Waals surface area contributed by atoms with Gasteiger partial charge in [-0.05, 0) is 83.5 Å². The molecule has 0 heterocycles. The first-order valence-corrected chi connectivity index (χ1v) is 40.2. The summed E-state index contributed by atoms with van der Waals surface area (Å²) in [4.78, 5) is 72.6. The lowest BCUT2D eigenvalue weighted by molar-refractivity contribution is -0.161. The second kappa shape index (κ2) is 68.0. The smallest absolute Gasteiger partial charge is 0.462 e. The third kappa shape index (κ3) is 67.1. The van der Waals surface area contributed by atoms with Gasteiger partial charge in [0.25, 0.3) is 0 Å². The van der Waals surface area contributed by atoms with Crippen molar-refractivity contribution in [3.8, 4) is 0 Å². The highest BCUT2D eigenvalue weighted by atomic mass is 31.2. The first kappa shape index (κ1) is 90.5. The summed E-state index contributed by atoms with van der Waals surface area (Å²) < 4.78 is 68.3. The van der Waals surface area contributed by atoms with Crippen LogP contribution in [0.15, 0.2) is 72.9 Å². The summed E-state index contributed by atoms with van der Waals surface area (Å²) in [5.41, 5.74) is 0. The second-order valence-electron chi connectivity index (χ2n) is 24.9. The van der Waals surface area contributed by atoms with Crippen LogP contribution in [-0.4, -0.2) is 96.7 Å². The van der Waals surface area contributed by atoms with E-state index in [4.69, 9.17) is 37.0 Å². The van der Waals surface area contributed by atoms with Gasteiger partial charge in [0.1, 0.15) is 19.3 Å². The molecule has 0 aliphatic heterocycles. The number of carbonyl (C=O) groups excluding carboxylic acids is 4. The van der Waals surface area contributed by atoms with Gasteiger partial charge < -0.3 is 33.8 Å². The van der Waals surface area contributed by atoms with E-state index in [1.165, 1.54) is 122 Å². The van der Waals surface area contributed by atoms with Crippen molar-refractivity contribution in [2.24, 2.45) is 0 Å². The lowest BCUT2D eigenvalue weighted by Gasteiger charge is -2.21. The first-order valence-electron chi connectivity index (χ1n) is 37.2.